The fourth-order valence-electron chi connectivity index (χ4n) is 1.39. The van der Waals surface area contributed by atoms with Crippen LogP contribution in [0.25, 0.3) is 0 Å². The summed E-state index contributed by atoms with van der Waals surface area (Å²) in [4.78, 5) is 0. The molecule has 4 heteroatoms. The minimum absolute atomic E-state index is 0.281. The smallest absolute Gasteiger partial charge is 0.120 e. The van der Waals surface area contributed by atoms with Crippen molar-refractivity contribution in [2.24, 2.45) is 0 Å². The molecule has 1 aromatic carbocycles. The third-order valence-corrected chi connectivity index (χ3v) is 2.97. The molecule has 0 bridgehead atoms. The van der Waals surface area contributed by atoms with Crippen LogP contribution in [0.2, 0.25) is 0 Å². The highest BCUT2D eigenvalue weighted by atomic mass is 32.1. The van der Waals surface area contributed by atoms with Gasteiger partial charge in [0, 0.05) is 23.2 Å². The van der Waals surface area contributed by atoms with Crippen LogP contribution in [0.3, 0.4) is 0 Å². The molecule has 1 aromatic heterocycles. The summed E-state index contributed by atoms with van der Waals surface area (Å²) in [6.45, 7) is 0.583. The lowest BCUT2D eigenvalue weighted by Crippen LogP contribution is -1.99. The zero-order valence-electron chi connectivity index (χ0n) is 8.93. The molecule has 0 amide bonds. The first-order valence-corrected chi connectivity index (χ1v) is 5.86. The van der Waals surface area contributed by atoms with E-state index in [9.17, 15) is 5.11 Å². The molecule has 84 valence electrons. The number of ether oxygens (including phenoxy) is 1. The third-order valence-electron chi connectivity index (χ3n) is 2.29. The number of methoxy groups -OCH3 is 1. The second-order valence-electron chi connectivity index (χ2n) is 3.36. The normalized spacial score (nSPS) is 10.1. The summed E-state index contributed by atoms with van der Waals surface area (Å²) in [5.41, 5.74) is 1.89. The van der Waals surface area contributed by atoms with Gasteiger partial charge in [0.05, 0.1) is 7.11 Å². The summed E-state index contributed by atoms with van der Waals surface area (Å²) in [7, 11) is 1.61. The lowest BCUT2D eigenvalue weighted by molar-refractivity contribution is 0.411. The second kappa shape index (κ2) is 4.90. The summed E-state index contributed by atoms with van der Waals surface area (Å²) in [5.74, 6) is 1.03. The van der Waals surface area contributed by atoms with Gasteiger partial charge in [0.1, 0.15) is 11.5 Å². The van der Waals surface area contributed by atoms with Crippen molar-refractivity contribution in [1.82, 2.24) is 0 Å². The number of anilines is 1. The Kier molecular flexibility index (Phi) is 3.31. The Morgan fingerprint density at radius 1 is 1.38 bits per heavy atom. The third kappa shape index (κ3) is 2.46. The van der Waals surface area contributed by atoms with Crippen molar-refractivity contribution in [1.29, 1.82) is 0 Å². The van der Waals surface area contributed by atoms with Crippen LogP contribution in [0.4, 0.5) is 5.69 Å². The van der Waals surface area contributed by atoms with Gasteiger partial charge >= 0.3 is 0 Å². The summed E-state index contributed by atoms with van der Waals surface area (Å²) in [5, 5.41) is 16.9. The number of thiophene rings is 1. The monoisotopic (exact) mass is 235 g/mol. The van der Waals surface area contributed by atoms with E-state index in [1.54, 1.807) is 30.6 Å². The average Bonchev–Trinajstić information content (AvgIpc) is 2.81. The number of hydrogen-bond donors (Lipinski definition) is 2. The van der Waals surface area contributed by atoms with Gasteiger partial charge in [-0.25, -0.2) is 0 Å². The van der Waals surface area contributed by atoms with E-state index in [1.807, 2.05) is 22.9 Å². The average molecular weight is 235 g/mol. The zero-order chi connectivity index (χ0) is 11.4. The molecule has 0 aliphatic rings. The highest BCUT2D eigenvalue weighted by Gasteiger charge is 2.03. The van der Waals surface area contributed by atoms with Crippen molar-refractivity contribution in [2.75, 3.05) is 12.4 Å². The molecule has 0 saturated heterocycles. The minimum Gasteiger partial charge on any atom is -0.508 e. The van der Waals surface area contributed by atoms with Gasteiger partial charge in [0.2, 0.25) is 0 Å². The summed E-state index contributed by atoms with van der Waals surface area (Å²) >= 11 is 1.64. The van der Waals surface area contributed by atoms with Crippen molar-refractivity contribution in [3.05, 3.63) is 40.6 Å². The summed E-state index contributed by atoms with van der Waals surface area (Å²) in [6, 6.07) is 7.21. The molecule has 1 heterocycles. The van der Waals surface area contributed by atoms with Crippen LogP contribution in [0, 0.1) is 0 Å². The van der Waals surface area contributed by atoms with E-state index in [-0.39, 0.29) is 5.75 Å². The Bertz CT molecular complexity index is 454. The van der Waals surface area contributed by atoms with Crippen molar-refractivity contribution in [3.8, 4) is 11.5 Å². The quantitative estimate of drug-likeness (QED) is 0.855. The molecule has 2 aromatic rings. The van der Waals surface area contributed by atoms with E-state index < -0.39 is 0 Å². The first-order chi connectivity index (χ1) is 7.79. The number of phenols is 1. The first-order valence-electron chi connectivity index (χ1n) is 4.91. The number of aromatic hydroxyl groups is 1. The lowest BCUT2D eigenvalue weighted by Gasteiger charge is -2.08. The second-order valence-corrected chi connectivity index (χ2v) is 4.14. The molecule has 0 spiro atoms. The standard InChI is InChI=1S/C12H13NO2S/c1-15-11-2-3-12(14)9(6-11)7-13-10-4-5-16-8-10/h2-6,8,13-14H,7H2,1H3. The maximum absolute atomic E-state index is 9.67. The molecule has 0 saturated carbocycles. The van der Waals surface area contributed by atoms with Crippen LogP contribution in [0.1, 0.15) is 5.56 Å². The lowest BCUT2D eigenvalue weighted by atomic mass is 10.2. The van der Waals surface area contributed by atoms with Gasteiger partial charge in [-0.05, 0) is 29.6 Å². The van der Waals surface area contributed by atoms with E-state index in [0.717, 1.165) is 17.0 Å². The van der Waals surface area contributed by atoms with Crippen molar-refractivity contribution < 1.29 is 9.84 Å². The highest BCUT2D eigenvalue weighted by Crippen LogP contribution is 2.24. The van der Waals surface area contributed by atoms with Gasteiger partial charge in [-0.1, -0.05) is 0 Å². The van der Waals surface area contributed by atoms with Crippen molar-refractivity contribution in [3.63, 3.8) is 0 Å². The van der Waals surface area contributed by atoms with Crippen LogP contribution in [0.15, 0.2) is 35.0 Å². The maximum atomic E-state index is 9.67. The number of nitrogens with one attached hydrogen (secondary N) is 1. The Morgan fingerprint density at radius 2 is 2.25 bits per heavy atom. The topological polar surface area (TPSA) is 41.5 Å². The van der Waals surface area contributed by atoms with E-state index in [1.165, 1.54) is 0 Å². The molecular weight excluding hydrogens is 222 g/mol. The number of hydrogen-bond acceptors (Lipinski definition) is 4. The van der Waals surface area contributed by atoms with E-state index in [0.29, 0.717) is 6.54 Å². The first kappa shape index (κ1) is 10.8. The molecule has 0 atom stereocenters. The highest BCUT2D eigenvalue weighted by molar-refractivity contribution is 7.08. The van der Waals surface area contributed by atoms with Gasteiger partial charge in [-0.15, -0.1) is 0 Å². The van der Waals surface area contributed by atoms with Gasteiger partial charge in [-0.2, -0.15) is 11.3 Å². The Hall–Kier alpha value is -1.68. The molecule has 16 heavy (non-hydrogen) atoms. The molecule has 0 radical (unpaired) electrons. The minimum atomic E-state index is 0.281. The molecule has 0 aliphatic carbocycles. The van der Waals surface area contributed by atoms with Gasteiger partial charge in [0.15, 0.2) is 0 Å². The predicted octanol–water partition coefficient (Wildman–Crippen LogP) is 3.07. The van der Waals surface area contributed by atoms with Crippen LogP contribution >= 0.6 is 11.3 Å². The molecule has 0 unspecified atom stereocenters. The largest absolute Gasteiger partial charge is 0.508 e. The Balaban J connectivity index is 2.08. The van der Waals surface area contributed by atoms with Crippen LogP contribution in [-0.4, -0.2) is 12.2 Å². The molecule has 0 aliphatic heterocycles. The number of benzene rings is 1. The molecule has 3 nitrogen and oxygen atoms in total. The molecule has 0 fully saturated rings. The van der Waals surface area contributed by atoms with Gasteiger partial charge < -0.3 is 15.2 Å². The van der Waals surface area contributed by atoms with Crippen LogP contribution in [-0.2, 0) is 6.54 Å². The van der Waals surface area contributed by atoms with E-state index in [4.69, 9.17) is 4.74 Å². The Morgan fingerprint density at radius 3 is 2.94 bits per heavy atom. The fraction of sp³-hybridized carbons (Fsp3) is 0.167. The Labute approximate surface area is 98.3 Å². The van der Waals surface area contributed by atoms with Crippen molar-refractivity contribution >= 4 is 17.0 Å². The number of phenolic OH excluding ortho intramolecular Hbond substituents is 1. The zero-order valence-corrected chi connectivity index (χ0v) is 9.75. The summed E-state index contributed by atoms with van der Waals surface area (Å²) < 4.78 is 5.11. The van der Waals surface area contributed by atoms with E-state index >= 15 is 0 Å². The maximum Gasteiger partial charge on any atom is 0.120 e. The van der Waals surface area contributed by atoms with Crippen LogP contribution in [0.5, 0.6) is 11.5 Å². The van der Waals surface area contributed by atoms with Gasteiger partial charge in [-0.3, -0.25) is 0 Å². The molecule has 2 rings (SSSR count). The SMILES string of the molecule is COc1ccc(O)c(CNc2ccsc2)c1. The fourth-order valence-corrected chi connectivity index (χ4v) is 2.01. The predicted molar refractivity (Wildman–Crippen MR) is 66.3 cm³/mol. The van der Waals surface area contributed by atoms with Crippen molar-refractivity contribution in [2.45, 2.75) is 6.54 Å². The van der Waals surface area contributed by atoms with E-state index in [2.05, 4.69) is 5.32 Å². The van der Waals surface area contributed by atoms with Gasteiger partial charge in [0.25, 0.3) is 0 Å². The molecular formula is C12H13NO2S. The summed E-state index contributed by atoms with van der Waals surface area (Å²) in [6.07, 6.45) is 0. The molecule has 2 N–H and O–H groups in total. The number of rotatable bonds is 4. The van der Waals surface area contributed by atoms with Crippen LogP contribution < -0.4 is 10.1 Å².